The molecule has 0 saturated carbocycles. The van der Waals surface area contributed by atoms with Gasteiger partial charge < -0.3 is 4.98 Å². The van der Waals surface area contributed by atoms with Crippen molar-refractivity contribution in [2.75, 3.05) is 0 Å². The Bertz CT molecular complexity index is 253. The first kappa shape index (κ1) is 5.48. The third kappa shape index (κ3) is 0.781. The van der Waals surface area contributed by atoms with Crippen LogP contribution in [0.5, 0.6) is 0 Å². The standard InChI is InChI=1S/C4H2N5S/c1-5-3(8-6-1)4-9-7-2-10-4/h1H,(H,5,6,8). The lowest BCUT2D eigenvalue weighted by Crippen LogP contribution is -1.78. The maximum absolute atomic E-state index is 3.74. The molecule has 0 aliphatic rings. The molecule has 10 heavy (non-hydrogen) atoms. The van der Waals surface area contributed by atoms with Crippen LogP contribution in [0.2, 0.25) is 0 Å². The SMILES string of the molecule is [c]1nnc(-c2nnc[nH]2)s1. The molecule has 2 aromatic rings. The largest absolute Gasteiger partial charge is 0.325 e. The van der Waals surface area contributed by atoms with Crippen molar-refractivity contribution in [2.24, 2.45) is 0 Å². The molecule has 0 unspecified atom stereocenters. The van der Waals surface area contributed by atoms with E-state index in [0.717, 1.165) is 0 Å². The molecule has 6 heteroatoms. The zero-order chi connectivity index (χ0) is 6.81. The van der Waals surface area contributed by atoms with Crippen LogP contribution >= 0.6 is 11.3 Å². The molecule has 1 radical (unpaired) electrons. The topological polar surface area (TPSA) is 67.3 Å². The van der Waals surface area contributed by atoms with Crippen molar-refractivity contribution in [3.05, 3.63) is 11.8 Å². The van der Waals surface area contributed by atoms with Crippen molar-refractivity contribution >= 4 is 11.3 Å². The summed E-state index contributed by atoms with van der Waals surface area (Å²) in [6.45, 7) is 0. The smallest absolute Gasteiger partial charge is 0.192 e. The summed E-state index contributed by atoms with van der Waals surface area (Å²) in [5, 5.41) is 15.3. The summed E-state index contributed by atoms with van der Waals surface area (Å²) in [7, 11) is 0. The Kier molecular flexibility index (Phi) is 1.17. The fourth-order valence-electron chi connectivity index (χ4n) is 0.556. The Morgan fingerprint density at radius 2 is 2.50 bits per heavy atom. The summed E-state index contributed by atoms with van der Waals surface area (Å²) in [4.78, 5) is 2.81. The van der Waals surface area contributed by atoms with Crippen LogP contribution in [0.3, 0.4) is 0 Å². The van der Waals surface area contributed by atoms with Crippen molar-refractivity contribution < 1.29 is 0 Å². The van der Waals surface area contributed by atoms with E-state index in [1.165, 1.54) is 17.7 Å². The summed E-state index contributed by atoms with van der Waals surface area (Å²) < 4.78 is 0. The van der Waals surface area contributed by atoms with E-state index >= 15 is 0 Å². The maximum Gasteiger partial charge on any atom is 0.192 e. The van der Waals surface area contributed by atoms with Crippen molar-refractivity contribution in [3.8, 4) is 10.8 Å². The first-order chi connectivity index (χ1) is 4.97. The van der Waals surface area contributed by atoms with Gasteiger partial charge in [0.05, 0.1) is 0 Å². The van der Waals surface area contributed by atoms with E-state index in [4.69, 9.17) is 0 Å². The van der Waals surface area contributed by atoms with Crippen LogP contribution in [-0.4, -0.2) is 25.4 Å². The average Bonchev–Trinajstić information content (AvgIpc) is 2.59. The number of nitrogens with zero attached hydrogens (tertiary/aromatic N) is 4. The quantitative estimate of drug-likeness (QED) is 0.630. The van der Waals surface area contributed by atoms with Crippen molar-refractivity contribution in [1.29, 1.82) is 0 Å². The third-order valence-electron chi connectivity index (χ3n) is 0.943. The highest BCUT2D eigenvalue weighted by Crippen LogP contribution is 2.12. The van der Waals surface area contributed by atoms with Crippen LogP contribution in [0.15, 0.2) is 6.33 Å². The van der Waals surface area contributed by atoms with Crippen LogP contribution in [-0.2, 0) is 0 Å². The van der Waals surface area contributed by atoms with Gasteiger partial charge in [-0.05, 0) is 0 Å². The Labute approximate surface area is 60.2 Å². The molecule has 5 nitrogen and oxygen atoms in total. The zero-order valence-electron chi connectivity index (χ0n) is 4.77. The number of aromatic nitrogens is 5. The molecule has 49 valence electrons. The van der Waals surface area contributed by atoms with E-state index in [1.54, 1.807) is 0 Å². The first-order valence-electron chi connectivity index (χ1n) is 2.53. The Hall–Kier alpha value is -1.30. The molecule has 2 rings (SSSR count). The number of aromatic amines is 1. The minimum Gasteiger partial charge on any atom is -0.325 e. The lowest BCUT2D eigenvalue weighted by atomic mass is 10.7. The lowest BCUT2D eigenvalue weighted by molar-refractivity contribution is 1.05. The van der Waals surface area contributed by atoms with E-state index in [2.05, 4.69) is 30.9 Å². The Balaban J connectivity index is 2.48. The highest BCUT2D eigenvalue weighted by molar-refractivity contribution is 7.12. The molecular formula is C4H2N5S. The summed E-state index contributed by atoms with van der Waals surface area (Å²) in [5.41, 5.74) is 2.61. The number of rotatable bonds is 1. The predicted molar refractivity (Wildman–Crippen MR) is 34.1 cm³/mol. The normalized spacial score (nSPS) is 10.0. The number of nitrogens with one attached hydrogen (secondary N) is 1. The minimum absolute atomic E-state index is 0.638. The highest BCUT2D eigenvalue weighted by Gasteiger charge is 2.02. The fraction of sp³-hybridized carbons (Fsp3) is 0. The van der Waals surface area contributed by atoms with Gasteiger partial charge in [-0.1, -0.05) is 11.3 Å². The van der Waals surface area contributed by atoms with Gasteiger partial charge in [-0.2, -0.15) is 0 Å². The van der Waals surface area contributed by atoms with Gasteiger partial charge in [-0.3, -0.25) is 0 Å². The van der Waals surface area contributed by atoms with Crippen LogP contribution < -0.4 is 0 Å². The van der Waals surface area contributed by atoms with Crippen molar-refractivity contribution in [3.63, 3.8) is 0 Å². The number of H-pyrrole nitrogens is 1. The number of hydrogen-bond acceptors (Lipinski definition) is 5. The lowest BCUT2D eigenvalue weighted by Gasteiger charge is -1.79. The Morgan fingerprint density at radius 3 is 3.10 bits per heavy atom. The Morgan fingerprint density at radius 1 is 1.50 bits per heavy atom. The molecule has 0 fully saturated rings. The van der Waals surface area contributed by atoms with Crippen LogP contribution in [0, 0.1) is 5.51 Å². The van der Waals surface area contributed by atoms with Gasteiger partial charge in [0.1, 0.15) is 6.33 Å². The number of hydrogen-bond donors (Lipinski definition) is 1. The summed E-state index contributed by atoms with van der Waals surface area (Å²) in [6.07, 6.45) is 1.50. The fourth-order valence-corrected chi connectivity index (χ4v) is 1.00. The van der Waals surface area contributed by atoms with E-state index in [-0.39, 0.29) is 0 Å². The molecule has 0 saturated heterocycles. The second-order valence-electron chi connectivity index (χ2n) is 1.54. The van der Waals surface area contributed by atoms with Gasteiger partial charge in [0.25, 0.3) is 0 Å². The summed E-state index contributed by atoms with van der Waals surface area (Å²) in [5.74, 6) is 0.638. The molecule has 0 bridgehead atoms. The first-order valence-corrected chi connectivity index (χ1v) is 3.34. The monoisotopic (exact) mass is 152 g/mol. The van der Waals surface area contributed by atoms with Crippen molar-refractivity contribution in [1.82, 2.24) is 25.4 Å². The van der Waals surface area contributed by atoms with Crippen LogP contribution in [0.25, 0.3) is 10.8 Å². The minimum atomic E-state index is 0.638. The molecule has 0 atom stereocenters. The van der Waals surface area contributed by atoms with Gasteiger partial charge in [0.15, 0.2) is 16.3 Å². The second kappa shape index (κ2) is 2.14. The van der Waals surface area contributed by atoms with Gasteiger partial charge in [0, 0.05) is 0 Å². The molecule has 0 aromatic carbocycles. The van der Waals surface area contributed by atoms with Crippen LogP contribution in [0.4, 0.5) is 0 Å². The molecule has 1 N–H and O–H groups in total. The van der Waals surface area contributed by atoms with Gasteiger partial charge in [-0.25, -0.2) is 0 Å². The molecule has 2 aromatic heterocycles. The van der Waals surface area contributed by atoms with E-state index in [1.807, 2.05) is 0 Å². The molecule has 0 aliphatic heterocycles. The van der Waals surface area contributed by atoms with Crippen LogP contribution in [0.1, 0.15) is 0 Å². The van der Waals surface area contributed by atoms with E-state index < -0.39 is 0 Å². The zero-order valence-corrected chi connectivity index (χ0v) is 5.59. The van der Waals surface area contributed by atoms with E-state index in [9.17, 15) is 0 Å². The molecular weight excluding hydrogens is 150 g/mol. The maximum atomic E-state index is 3.74. The highest BCUT2D eigenvalue weighted by atomic mass is 32.1. The summed E-state index contributed by atoms with van der Waals surface area (Å²) in [6, 6.07) is 0. The van der Waals surface area contributed by atoms with Gasteiger partial charge in [0.2, 0.25) is 0 Å². The van der Waals surface area contributed by atoms with E-state index in [0.29, 0.717) is 10.8 Å². The van der Waals surface area contributed by atoms with Gasteiger partial charge in [-0.15, -0.1) is 20.4 Å². The predicted octanol–water partition coefficient (Wildman–Crippen LogP) is 0.123. The molecule has 2 heterocycles. The summed E-state index contributed by atoms with van der Waals surface area (Å²) >= 11 is 1.30. The average molecular weight is 152 g/mol. The molecule has 0 aliphatic carbocycles. The molecule has 0 spiro atoms. The van der Waals surface area contributed by atoms with Gasteiger partial charge >= 0.3 is 0 Å². The second-order valence-corrected chi connectivity index (χ2v) is 2.31. The molecule has 0 amide bonds. The third-order valence-corrected chi connectivity index (χ3v) is 1.58. The van der Waals surface area contributed by atoms with Crippen molar-refractivity contribution in [2.45, 2.75) is 0 Å².